The van der Waals surface area contributed by atoms with Crippen LogP contribution in [0.3, 0.4) is 0 Å². The Hall–Kier alpha value is -1.65. The molecule has 108 valence electrons. The average Bonchev–Trinajstić information content (AvgIpc) is 2.93. The lowest BCUT2D eigenvalue weighted by atomic mass is 9.79. The normalized spacial score (nSPS) is 22.5. The molecule has 1 aromatic heterocycles. The molecule has 3 rings (SSSR count). The van der Waals surface area contributed by atoms with Crippen molar-refractivity contribution in [1.82, 2.24) is 14.9 Å². The predicted molar refractivity (Wildman–Crippen MR) is 73.8 cm³/mol. The summed E-state index contributed by atoms with van der Waals surface area (Å²) in [4.78, 5) is 33.3. The van der Waals surface area contributed by atoms with Gasteiger partial charge in [0, 0.05) is 31.3 Å². The van der Waals surface area contributed by atoms with Crippen molar-refractivity contribution < 1.29 is 9.59 Å². The largest absolute Gasteiger partial charge is 0.348 e. The SMILES string of the molecule is O=C1CC2(CCCCCC2)C(=O)N1CCc1cnc[nH]1. The number of aromatic nitrogens is 2. The zero-order valence-corrected chi connectivity index (χ0v) is 11.7. The van der Waals surface area contributed by atoms with Crippen molar-refractivity contribution >= 4 is 11.8 Å². The van der Waals surface area contributed by atoms with Gasteiger partial charge in [0.1, 0.15) is 0 Å². The van der Waals surface area contributed by atoms with Crippen molar-refractivity contribution in [3.63, 3.8) is 0 Å². The minimum absolute atomic E-state index is 0.0106. The number of hydrogen-bond donors (Lipinski definition) is 1. The van der Waals surface area contributed by atoms with Crippen molar-refractivity contribution in [3.8, 4) is 0 Å². The maximum atomic E-state index is 12.7. The van der Waals surface area contributed by atoms with Gasteiger partial charge < -0.3 is 4.98 Å². The van der Waals surface area contributed by atoms with Gasteiger partial charge in [-0.1, -0.05) is 25.7 Å². The number of nitrogens with zero attached hydrogens (tertiary/aromatic N) is 2. The number of rotatable bonds is 3. The van der Waals surface area contributed by atoms with Gasteiger partial charge in [-0.3, -0.25) is 14.5 Å². The molecule has 1 aromatic rings. The molecule has 2 aliphatic rings. The number of hydrogen-bond acceptors (Lipinski definition) is 3. The molecule has 20 heavy (non-hydrogen) atoms. The summed E-state index contributed by atoms with van der Waals surface area (Å²) in [6.07, 6.45) is 10.8. The molecule has 2 heterocycles. The average molecular weight is 275 g/mol. The van der Waals surface area contributed by atoms with E-state index >= 15 is 0 Å². The zero-order chi connectivity index (χ0) is 14.0. The lowest BCUT2D eigenvalue weighted by Gasteiger charge is -2.24. The van der Waals surface area contributed by atoms with Gasteiger partial charge in [0.15, 0.2) is 0 Å². The highest BCUT2D eigenvalue weighted by molar-refractivity contribution is 6.05. The van der Waals surface area contributed by atoms with E-state index in [1.165, 1.54) is 17.7 Å². The number of imidazole rings is 1. The Morgan fingerprint density at radius 1 is 1.20 bits per heavy atom. The number of aromatic amines is 1. The monoisotopic (exact) mass is 275 g/mol. The Labute approximate surface area is 118 Å². The number of carbonyl (C=O) groups excluding carboxylic acids is 2. The van der Waals surface area contributed by atoms with E-state index in [1.807, 2.05) is 0 Å². The molecule has 1 aliphatic carbocycles. The molecule has 1 N–H and O–H groups in total. The Balaban J connectivity index is 1.69. The summed E-state index contributed by atoms with van der Waals surface area (Å²) in [5.41, 5.74) is 0.592. The Kier molecular flexibility index (Phi) is 3.59. The van der Waals surface area contributed by atoms with Crippen LogP contribution >= 0.6 is 0 Å². The van der Waals surface area contributed by atoms with Crippen LogP contribution in [0.15, 0.2) is 12.5 Å². The van der Waals surface area contributed by atoms with Crippen molar-refractivity contribution in [2.75, 3.05) is 6.54 Å². The van der Waals surface area contributed by atoms with Crippen LogP contribution in [0, 0.1) is 5.41 Å². The first-order valence-corrected chi connectivity index (χ1v) is 7.53. The summed E-state index contributed by atoms with van der Waals surface area (Å²) >= 11 is 0. The predicted octanol–water partition coefficient (Wildman–Crippen LogP) is 2.05. The third kappa shape index (κ3) is 2.37. The number of likely N-dealkylation sites (tertiary alicyclic amines) is 1. The van der Waals surface area contributed by atoms with E-state index in [-0.39, 0.29) is 17.2 Å². The Bertz CT molecular complexity index is 487. The summed E-state index contributed by atoms with van der Waals surface area (Å²) in [7, 11) is 0. The molecule has 5 nitrogen and oxygen atoms in total. The highest BCUT2D eigenvalue weighted by Gasteiger charge is 2.50. The quantitative estimate of drug-likeness (QED) is 0.859. The van der Waals surface area contributed by atoms with Crippen LogP contribution in [0.2, 0.25) is 0 Å². The van der Waals surface area contributed by atoms with Gasteiger partial charge in [-0.2, -0.15) is 0 Å². The first-order chi connectivity index (χ1) is 9.71. The van der Waals surface area contributed by atoms with Gasteiger partial charge in [0.05, 0.1) is 11.7 Å². The molecule has 1 saturated heterocycles. The number of nitrogens with one attached hydrogen (secondary N) is 1. The lowest BCUT2D eigenvalue weighted by Crippen LogP contribution is -2.36. The van der Waals surface area contributed by atoms with E-state index in [2.05, 4.69) is 9.97 Å². The van der Waals surface area contributed by atoms with E-state index in [0.717, 1.165) is 31.4 Å². The molecule has 2 amide bonds. The molecule has 0 aromatic carbocycles. The second kappa shape index (κ2) is 5.38. The standard InChI is InChI=1S/C15H21N3O2/c19-13-9-15(6-3-1-2-4-7-15)14(20)18(13)8-5-12-10-16-11-17-12/h10-11H,1-9H2,(H,16,17). The molecular weight excluding hydrogens is 254 g/mol. The van der Waals surface area contributed by atoms with Gasteiger partial charge in [-0.25, -0.2) is 4.98 Å². The minimum atomic E-state index is -0.373. The fraction of sp³-hybridized carbons (Fsp3) is 0.667. The smallest absolute Gasteiger partial charge is 0.235 e. The second-order valence-electron chi connectivity index (χ2n) is 6.05. The van der Waals surface area contributed by atoms with Gasteiger partial charge in [-0.15, -0.1) is 0 Å². The van der Waals surface area contributed by atoms with Gasteiger partial charge in [0.25, 0.3) is 0 Å². The maximum absolute atomic E-state index is 12.7. The fourth-order valence-corrected chi connectivity index (χ4v) is 3.54. The van der Waals surface area contributed by atoms with Crippen LogP contribution in [0.4, 0.5) is 0 Å². The fourth-order valence-electron chi connectivity index (χ4n) is 3.54. The van der Waals surface area contributed by atoms with Gasteiger partial charge >= 0.3 is 0 Å². The van der Waals surface area contributed by atoms with E-state index in [1.54, 1.807) is 12.5 Å². The summed E-state index contributed by atoms with van der Waals surface area (Å²) in [5.74, 6) is 0.0836. The summed E-state index contributed by atoms with van der Waals surface area (Å²) in [5, 5.41) is 0. The number of carbonyl (C=O) groups is 2. The molecule has 0 radical (unpaired) electrons. The van der Waals surface area contributed by atoms with Crippen molar-refractivity contribution in [2.24, 2.45) is 5.41 Å². The van der Waals surface area contributed by atoms with E-state index in [0.29, 0.717) is 19.4 Å². The van der Waals surface area contributed by atoms with Gasteiger partial charge in [0.2, 0.25) is 11.8 Å². The molecule has 1 aliphatic heterocycles. The zero-order valence-electron chi connectivity index (χ0n) is 11.7. The van der Waals surface area contributed by atoms with Gasteiger partial charge in [-0.05, 0) is 12.8 Å². The third-order valence-corrected chi connectivity index (χ3v) is 4.71. The molecule has 1 saturated carbocycles. The Morgan fingerprint density at radius 2 is 1.95 bits per heavy atom. The molecule has 0 unspecified atom stereocenters. The van der Waals surface area contributed by atoms with Crippen molar-refractivity contribution in [3.05, 3.63) is 18.2 Å². The van der Waals surface area contributed by atoms with Crippen molar-refractivity contribution in [1.29, 1.82) is 0 Å². The minimum Gasteiger partial charge on any atom is -0.348 e. The van der Waals surface area contributed by atoms with E-state index in [4.69, 9.17) is 0 Å². The van der Waals surface area contributed by atoms with Crippen molar-refractivity contribution in [2.45, 2.75) is 51.4 Å². The summed E-state index contributed by atoms with van der Waals surface area (Å²) < 4.78 is 0. The number of H-pyrrole nitrogens is 1. The number of imide groups is 1. The van der Waals surface area contributed by atoms with Crippen LogP contribution in [0.5, 0.6) is 0 Å². The van der Waals surface area contributed by atoms with Crippen LogP contribution in [0.25, 0.3) is 0 Å². The number of amides is 2. The molecule has 1 spiro atoms. The molecular formula is C15H21N3O2. The second-order valence-corrected chi connectivity index (χ2v) is 6.05. The first-order valence-electron chi connectivity index (χ1n) is 7.53. The van der Waals surface area contributed by atoms with E-state index < -0.39 is 0 Å². The van der Waals surface area contributed by atoms with E-state index in [9.17, 15) is 9.59 Å². The van der Waals surface area contributed by atoms with Crippen LogP contribution in [-0.4, -0.2) is 33.2 Å². The lowest BCUT2D eigenvalue weighted by molar-refractivity contribution is -0.141. The maximum Gasteiger partial charge on any atom is 0.235 e. The molecule has 2 fully saturated rings. The molecule has 0 atom stereocenters. The Morgan fingerprint density at radius 3 is 2.60 bits per heavy atom. The topological polar surface area (TPSA) is 66.1 Å². The highest BCUT2D eigenvalue weighted by Crippen LogP contribution is 2.44. The van der Waals surface area contributed by atoms with Crippen LogP contribution < -0.4 is 0 Å². The summed E-state index contributed by atoms with van der Waals surface area (Å²) in [6.45, 7) is 0.474. The van der Waals surface area contributed by atoms with Crippen LogP contribution in [-0.2, 0) is 16.0 Å². The molecule has 0 bridgehead atoms. The third-order valence-electron chi connectivity index (χ3n) is 4.71. The first kappa shape index (κ1) is 13.3. The summed E-state index contributed by atoms with van der Waals surface area (Å²) in [6, 6.07) is 0. The van der Waals surface area contributed by atoms with Crippen LogP contribution in [0.1, 0.15) is 50.6 Å². The molecule has 5 heteroatoms. The highest BCUT2D eigenvalue weighted by atomic mass is 16.2.